The van der Waals surface area contributed by atoms with E-state index >= 15 is 0 Å². The van der Waals surface area contributed by atoms with Crippen LogP contribution in [0.15, 0.2) is 84.9 Å². The molecule has 3 rings (SSSR count). The second-order valence-electron chi connectivity index (χ2n) is 5.20. The zero-order valence-corrected chi connectivity index (χ0v) is 13.2. The van der Waals surface area contributed by atoms with Crippen LogP contribution in [0.4, 0.5) is 0 Å². The highest BCUT2D eigenvalue weighted by atomic mass is 35.5. The van der Waals surface area contributed by atoms with Crippen LogP contribution < -0.4 is 0 Å². The Morgan fingerprint density at radius 2 is 1.43 bits per heavy atom. The van der Waals surface area contributed by atoms with Gasteiger partial charge in [0.15, 0.2) is 5.78 Å². The van der Waals surface area contributed by atoms with Gasteiger partial charge in [-0.25, -0.2) is 0 Å². The lowest BCUT2D eigenvalue weighted by Crippen LogP contribution is -1.95. The van der Waals surface area contributed by atoms with Gasteiger partial charge in [-0.05, 0) is 41.0 Å². The van der Waals surface area contributed by atoms with Gasteiger partial charge in [0, 0.05) is 10.6 Å². The van der Waals surface area contributed by atoms with Crippen molar-refractivity contribution in [2.75, 3.05) is 0 Å². The normalized spacial score (nSPS) is 10.8. The first-order chi connectivity index (χ1) is 11.2. The van der Waals surface area contributed by atoms with E-state index in [1.807, 2.05) is 78.9 Å². The summed E-state index contributed by atoms with van der Waals surface area (Å²) in [6, 6.07) is 25.1. The van der Waals surface area contributed by atoms with Crippen LogP contribution in [-0.2, 0) is 0 Å². The molecular weight excluding hydrogens is 304 g/mol. The van der Waals surface area contributed by atoms with E-state index in [2.05, 4.69) is 0 Å². The second-order valence-corrected chi connectivity index (χ2v) is 5.64. The summed E-state index contributed by atoms with van der Waals surface area (Å²) in [5.41, 5.74) is 3.56. The summed E-state index contributed by atoms with van der Waals surface area (Å²) >= 11 is 6.18. The molecule has 1 nitrogen and oxygen atoms in total. The van der Waals surface area contributed by atoms with Gasteiger partial charge in [-0.3, -0.25) is 4.79 Å². The van der Waals surface area contributed by atoms with Gasteiger partial charge in [0.1, 0.15) is 0 Å². The summed E-state index contributed by atoms with van der Waals surface area (Å²) in [6.07, 6.45) is 3.39. The Kier molecular flexibility index (Phi) is 4.70. The van der Waals surface area contributed by atoms with E-state index < -0.39 is 0 Å². The van der Waals surface area contributed by atoms with Gasteiger partial charge in [-0.2, -0.15) is 0 Å². The third-order valence-electron chi connectivity index (χ3n) is 3.52. The highest BCUT2D eigenvalue weighted by Gasteiger charge is 2.07. The van der Waals surface area contributed by atoms with E-state index in [-0.39, 0.29) is 5.78 Å². The standard InChI is InChI=1S/C21H15ClO/c22-20-14-18(17-9-5-2-6-10-17)13-19(15-20)21(23)12-11-16-7-3-1-4-8-16/h1-15H/b12-11+. The van der Waals surface area contributed by atoms with Gasteiger partial charge < -0.3 is 0 Å². The van der Waals surface area contributed by atoms with Crippen molar-refractivity contribution in [2.45, 2.75) is 0 Å². The number of allylic oxidation sites excluding steroid dienone is 1. The minimum Gasteiger partial charge on any atom is -0.289 e. The van der Waals surface area contributed by atoms with E-state index in [1.54, 1.807) is 12.1 Å². The molecule has 0 aromatic heterocycles. The molecule has 0 spiro atoms. The fourth-order valence-corrected chi connectivity index (χ4v) is 2.60. The molecule has 23 heavy (non-hydrogen) atoms. The highest BCUT2D eigenvalue weighted by Crippen LogP contribution is 2.25. The highest BCUT2D eigenvalue weighted by molar-refractivity contribution is 6.31. The molecule has 2 heteroatoms. The van der Waals surface area contributed by atoms with Crippen LogP contribution in [0.1, 0.15) is 15.9 Å². The Morgan fingerprint density at radius 1 is 0.783 bits per heavy atom. The molecule has 0 heterocycles. The predicted molar refractivity (Wildman–Crippen MR) is 96.7 cm³/mol. The Labute approximate surface area is 140 Å². The summed E-state index contributed by atoms with van der Waals surface area (Å²) in [7, 11) is 0. The van der Waals surface area contributed by atoms with Crippen molar-refractivity contribution in [3.8, 4) is 11.1 Å². The summed E-state index contributed by atoms with van der Waals surface area (Å²) in [6.45, 7) is 0. The van der Waals surface area contributed by atoms with Gasteiger partial charge in [-0.15, -0.1) is 0 Å². The van der Waals surface area contributed by atoms with Gasteiger partial charge in [0.25, 0.3) is 0 Å². The average Bonchev–Trinajstić information content (AvgIpc) is 2.61. The van der Waals surface area contributed by atoms with Crippen molar-refractivity contribution in [2.24, 2.45) is 0 Å². The third kappa shape index (κ3) is 3.97. The van der Waals surface area contributed by atoms with Gasteiger partial charge in [0.2, 0.25) is 0 Å². The maximum atomic E-state index is 12.4. The van der Waals surface area contributed by atoms with Gasteiger partial charge in [0.05, 0.1) is 0 Å². The van der Waals surface area contributed by atoms with Crippen molar-refractivity contribution in [1.82, 2.24) is 0 Å². The van der Waals surface area contributed by atoms with Gasteiger partial charge >= 0.3 is 0 Å². The number of halogens is 1. The van der Waals surface area contributed by atoms with Crippen LogP contribution in [0.3, 0.4) is 0 Å². The Bertz CT molecular complexity index is 836. The Morgan fingerprint density at radius 3 is 2.13 bits per heavy atom. The molecule has 0 saturated carbocycles. The quantitative estimate of drug-likeness (QED) is 0.432. The molecule has 0 fully saturated rings. The van der Waals surface area contributed by atoms with E-state index in [9.17, 15) is 4.79 Å². The molecule has 0 aliphatic rings. The number of hydrogen-bond acceptors (Lipinski definition) is 1. The van der Waals surface area contributed by atoms with Crippen molar-refractivity contribution < 1.29 is 4.79 Å². The molecule has 0 amide bonds. The minimum atomic E-state index is -0.0615. The lowest BCUT2D eigenvalue weighted by molar-refractivity contribution is 0.104. The first kappa shape index (κ1) is 15.3. The first-order valence-electron chi connectivity index (χ1n) is 7.36. The van der Waals surface area contributed by atoms with Crippen molar-refractivity contribution in [3.05, 3.63) is 101 Å². The monoisotopic (exact) mass is 318 g/mol. The van der Waals surface area contributed by atoms with Crippen molar-refractivity contribution in [3.63, 3.8) is 0 Å². The molecule has 112 valence electrons. The minimum absolute atomic E-state index is 0.0615. The fraction of sp³-hybridized carbons (Fsp3) is 0. The van der Waals surface area contributed by atoms with E-state index in [0.29, 0.717) is 10.6 Å². The average molecular weight is 319 g/mol. The number of ketones is 1. The molecular formula is C21H15ClO. The maximum Gasteiger partial charge on any atom is 0.185 e. The van der Waals surface area contributed by atoms with Crippen molar-refractivity contribution >= 4 is 23.5 Å². The Balaban J connectivity index is 1.89. The van der Waals surface area contributed by atoms with Crippen molar-refractivity contribution in [1.29, 1.82) is 0 Å². The fourth-order valence-electron chi connectivity index (χ4n) is 2.36. The molecule has 0 saturated heterocycles. The largest absolute Gasteiger partial charge is 0.289 e. The first-order valence-corrected chi connectivity index (χ1v) is 7.74. The number of rotatable bonds is 4. The van der Waals surface area contributed by atoms with Crippen LogP contribution in [-0.4, -0.2) is 5.78 Å². The number of carbonyl (C=O) groups excluding carboxylic acids is 1. The van der Waals surface area contributed by atoms with Crippen LogP contribution in [0.25, 0.3) is 17.2 Å². The van der Waals surface area contributed by atoms with Crippen LogP contribution in [0, 0.1) is 0 Å². The summed E-state index contributed by atoms with van der Waals surface area (Å²) < 4.78 is 0. The summed E-state index contributed by atoms with van der Waals surface area (Å²) in [4.78, 5) is 12.4. The molecule has 3 aromatic carbocycles. The molecule has 0 N–H and O–H groups in total. The van der Waals surface area contributed by atoms with E-state index in [4.69, 9.17) is 11.6 Å². The molecule has 0 unspecified atom stereocenters. The number of benzene rings is 3. The summed E-state index contributed by atoms with van der Waals surface area (Å²) in [5.74, 6) is -0.0615. The second kappa shape index (κ2) is 7.08. The molecule has 0 aliphatic carbocycles. The molecule has 0 atom stereocenters. The maximum absolute atomic E-state index is 12.4. The topological polar surface area (TPSA) is 17.1 Å². The summed E-state index contributed by atoms with van der Waals surface area (Å²) in [5, 5.41) is 0.558. The van der Waals surface area contributed by atoms with E-state index in [0.717, 1.165) is 16.7 Å². The SMILES string of the molecule is O=C(/C=C/c1ccccc1)c1cc(Cl)cc(-c2ccccc2)c1. The predicted octanol–water partition coefficient (Wildman–Crippen LogP) is 5.90. The zero-order valence-electron chi connectivity index (χ0n) is 12.4. The van der Waals surface area contributed by atoms with Crippen LogP contribution in [0.5, 0.6) is 0 Å². The smallest absolute Gasteiger partial charge is 0.185 e. The zero-order chi connectivity index (χ0) is 16.1. The van der Waals surface area contributed by atoms with Crippen LogP contribution in [0.2, 0.25) is 5.02 Å². The Hall–Kier alpha value is -2.64. The molecule has 0 radical (unpaired) electrons. The van der Waals surface area contributed by atoms with Crippen LogP contribution >= 0.6 is 11.6 Å². The van der Waals surface area contributed by atoms with E-state index in [1.165, 1.54) is 0 Å². The molecule has 0 bridgehead atoms. The molecule has 3 aromatic rings. The van der Waals surface area contributed by atoms with Gasteiger partial charge in [-0.1, -0.05) is 78.3 Å². The number of hydrogen-bond donors (Lipinski definition) is 0. The lowest BCUT2D eigenvalue weighted by Gasteiger charge is -2.05. The lowest BCUT2D eigenvalue weighted by atomic mass is 10.0. The molecule has 0 aliphatic heterocycles. The number of carbonyl (C=O) groups is 1. The third-order valence-corrected chi connectivity index (χ3v) is 3.73.